The van der Waals surface area contributed by atoms with Crippen molar-refractivity contribution < 1.29 is 4.39 Å². The Hall–Kier alpha value is -0.540. The maximum absolute atomic E-state index is 12.7. The molecule has 0 heterocycles. The molecule has 0 radical (unpaired) electrons. The average Bonchev–Trinajstić information content (AvgIpc) is 2.28. The Bertz CT molecular complexity index is 299. The van der Waals surface area contributed by atoms with Gasteiger partial charge in [-0.25, -0.2) is 4.39 Å². The van der Waals surface area contributed by atoms with Gasteiger partial charge in [-0.05, 0) is 36.6 Å². The Morgan fingerprint density at radius 1 is 1.31 bits per heavy atom. The van der Waals surface area contributed by atoms with Crippen LogP contribution in [0.1, 0.15) is 26.7 Å². The monoisotopic (exact) mass is 241 g/mol. The molecule has 16 heavy (non-hydrogen) atoms. The van der Waals surface area contributed by atoms with Crippen molar-refractivity contribution >= 4 is 11.8 Å². The molecular weight excluding hydrogens is 221 g/mol. The van der Waals surface area contributed by atoms with Crippen LogP contribution in [0.3, 0.4) is 0 Å². The standard InChI is InChI=1S/C13H20FNS/c1-3-4-10(2)13(15)9-16-12-7-5-11(14)6-8-12/h5-8,10,13H,3-4,9,15H2,1-2H3. The molecule has 2 N–H and O–H groups in total. The molecule has 3 heteroatoms. The van der Waals surface area contributed by atoms with Gasteiger partial charge < -0.3 is 5.73 Å². The van der Waals surface area contributed by atoms with Crippen LogP contribution in [-0.4, -0.2) is 11.8 Å². The fraction of sp³-hybridized carbons (Fsp3) is 0.538. The fourth-order valence-electron chi connectivity index (χ4n) is 1.56. The van der Waals surface area contributed by atoms with Gasteiger partial charge in [-0.1, -0.05) is 20.3 Å². The Labute approximate surface area is 102 Å². The lowest BCUT2D eigenvalue weighted by atomic mass is 9.99. The molecule has 90 valence electrons. The molecule has 2 atom stereocenters. The molecule has 0 amide bonds. The second kappa shape index (κ2) is 6.92. The van der Waals surface area contributed by atoms with Crippen LogP contribution in [0.5, 0.6) is 0 Å². The van der Waals surface area contributed by atoms with Crippen LogP contribution in [-0.2, 0) is 0 Å². The van der Waals surface area contributed by atoms with E-state index >= 15 is 0 Å². The summed E-state index contributed by atoms with van der Waals surface area (Å²) in [6.07, 6.45) is 2.35. The summed E-state index contributed by atoms with van der Waals surface area (Å²) in [6, 6.07) is 6.80. The van der Waals surface area contributed by atoms with E-state index in [1.807, 2.05) is 0 Å². The predicted molar refractivity (Wildman–Crippen MR) is 69.2 cm³/mol. The van der Waals surface area contributed by atoms with E-state index in [2.05, 4.69) is 13.8 Å². The number of hydrogen-bond donors (Lipinski definition) is 1. The first-order chi connectivity index (χ1) is 7.63. The van der Waals surface area contributed by atoms with Gasteiger partial charge in [0, 0.05) is 16.7 Å². The van der Waals surface area contributed by atoms with Crippen LogP contribution in [0.4, 0.5) is 4.39 Å². The summed E-state index contributed by atoms with van der Waals surface area (Å²) in [5.74, 6) is 1.26. The van der Waals surface area contributed by atoms with Gasteiger partial charge in [0.1, 0.15) is 5.82 Å². The number of thioether (sulfide) groups is 1. The smallest absolute Gasteiger partial charge is 0.123 e. The molecule has 2 unspecified atom stereocenters. The van der Waals surface area contributed by atoms with E-state index in [1.165, 1.54) is 25.0 Å². The maximum Gasteiger partial charge on any atom is 0.123 e. The minimum absolute atomic E-state index is 0.187. The van der Waals surface area contributed by atoms with Crippen LogP contribution in [0.2, 0.25) is 0 Å². The Balaban J connectivity index is 2.36. The third kappa shape index (κ3) is 4.54. The zero-order valence-electron chi connectivity index (χ0n) is 9.95. The van der Waals surface area contributed by atoms with Crippen molar-refractivity contribution in [3.63, 3.8) is 0 Å². The zero-order valence-corrected chi connectivity index (χ0v) is 10.8. The maximum atomic E-state index is 12.7. The number of hydrogen-bond acceptors (Lipinski definition) is 2. The molecule has 0 aromatic heterocycles. The van der Waals surface area contributed by atoms with Gasteiger partial charge in [-0.15, -0.1) is 11.8 Å². The average molecular weight is 241 g/mol. The predicted octanol–water partition coefficient (Wildman–Crippen LogP) is 3.68. The second-order valence-electron chi connectivity index (χ2n) is 4.19. The van der Waals surface area contributed by atoms with Crippen molar-refractivity contribution in [2.45, 2.75) is 37.6 Å². The Morgan fingerprint density at radius 3 is 2.50 bits per heavy atom. The van der Waals surface area contributed by atoms with Crippen LogP contribution >= 0.6 is 11.8 Å². The molecule has 1 nitrogen and oxygen atoms in total. The molecule has 1 aromatic carbocycles. The van der Waals surface area contributed by atoms with Crippen LogP contribution < -0.4 is 5.73 Å². The lowest BCUT2D eigenvalue weighted by Crippen LogP contribution is -2.30. The van der Waals surface area contributed by atoms with Crippen LogP contribution in [0, 0.1) is 11.7 Å². The molecule has 0 saturated carbocycles. The quantitative estimate of drug-likeness (QED) is 0.769. The molecule has 1 aromatic rings. The van der Waals surface area contributed by atoms with E-state index in [1.54, 1.807) is 23.9 Å². The molecule has 0 saturated heterocycles. The number of rotatable bonds is 6. The third-order valence-corrected chi connectivity index (χ3v) is 3.89. The minimum atomic E-state index is -0.187. The highest BCUT2D eigenvalue weighted by Gasteiger charge is 2.11. The van der Waals surface area contributed by atoms with Crippen LogP contribution in [0.25, 0.3) is 0 Å². The molecule has 0 aliphatic rings. The Kier molecular flexibility index (Phi) is 5.85. The largest absolute Gasteiger partial charge is 0.327 e. The number of halogens is 1. The molecule has 0 aliphatic carbocycles. The first-order valence-corrected chi connectivity index (χ1v) is 6.76. The van der Waals surface area contributed by atoms with Gasteiger partial charge >= 0.3 is 0 Å². The van der Waals surface area contributed by atoms with Gasteiger partial charge in [0.25, 0.3) is 0 Å². The normalized spacial score (nSPS) is 14.8. The summed E-state index contributed by atoms with van der Waals surface area (Å²) in [7, 11) is 0. The van der Waals surface area contributed by atoms with Gasteiger partial charge in [0.05, 0.1) is 0 Å². The summed E-state index contributed by atoms with van der Waals surface area (Å²) in [4.78, 5) is 1.08. The molecule has 1 rings (SSSR count). The van der Waals surface area contributed by atoms with E-state index in [9.17, 15) is 4.39 Å². The fourth-order valence-corrected chi connectivity index (χ4v) is 2.60. The van der Waals surface area contributed by atoms with E-state index in [0.717, 1.165) is 10.6 Å². The SMILES string of the molecule is CCCC(C)C(N)CSc1ccc(F)cc1. The lowest BCUT2D eigenvalue weighted by molar-refractivity contribution is 0.450. The molecule has 0 fully saturated rings. The molecule has 0 bridgehead atoms. The van der Waals surface area contributed by atoms with Crippen molar-refractivity contribution in [3.8, 4) is 0 Å². The second-order valence-corrected chi connectivity index (χ2v) is 5.29. The van der Waals surface area contributed by atoms with E-state index < -0.39 is 0 Å². The lowest BCUT2D eigenvalue weighted by Gasteiger charge is -2.18. The topological polar surface area (TPSA) is 26.0 Å². The number of nitrogens with two attached hydrogens (primary N) is 1. The van der Waals surface area contributed by atoms with Crippen molar-refractivity contribution in [1.82, 2.24) is 0 Å². The molecule has 0 aliphatic heterocycles. The summed E-state index contributed by atoms with van der Waals surface area (Å²) < 4.78 is 12.7. The van der Waals surface area contributed by atoms with Gasteiger partial charge in [0.15, 0.2) is 0 Å². The number of benzene rings is 1. The highest BCUT2D eigenvalue weighted by Crippen LogP contribution is 2.21. The van der Waals surface area contributed by atoms with E-state index in [4.69, 9.17) is 5.73 Å². The van der Waals surface area contributed by atoms with Crippen molar-refractivity contribution in [2.24, 2.45) is 11.7 Å². The summed E-state index contributed by atoms with van der Waals surface area (Å²) in [6.45, 7) is 4.37. The Morgan fingerprint density at radius 2 is 1.94 bits per heavy atom. The van der Waals surface area contributed by atoms with Crippen molar-refractivity contribution in [1.29, 1.82) is 0 Å². The van der Waals surface area contributed by atoms with Crippen LogP contribution in [0.15, 0.2) is 29.2 Å². The van der Waals surface area contributed by atoms with Crippen molar-refractivity contribution in [3.05, 3.63) is 30.1 Å². The third-order valence-electron chi connectivity index (χ3n) is 2.73. The zero-order chi connectivity index (χ0) is 12.0. The first kappa shape index (κ1) is 13.5. The summed E-state index contributed by atoms with van der Waals surface area (Å²) in [5.41, 5.74) is 6.09. The molecule has 0 spiro atoms. The van der Waals surface area contributed by atoms with Gasteiger partial charge in [-0.3, -0.25) is 0 Å². The summed E-state index contributed by atoms with van der Waals surface area (Å²) in [5, 5.41) is 0. The van der Waals surface area contributed by atoms with E-state index in [-0.39, 0.29) is 11.9 Å². The summed E-state index contributed by atoms with van der Waals surface area (Å²) >= 11 is 1.70. The first-order valence-electron chi connectivity index (χ1n) is 5.77. The highest BCUT2D eigenvalue weighted by molar-refractivity contribution is 7.99. The van der Waals surface area contributed by atoms with Gasteiger partial charge in [-0.2, -0.15) is 0 Å². The van der Waals surface area contributed by atoms with Crippen molar-refractivity contribution in [2.75, 3.05) is 5.75 Å². The molecular formula is C13H20FNS. The highest BCUT2D eigenvalue weighted by atomic mass is 32.2. The van der Waals surface area contributed by atoms with Gasteiger partial charge in [0.2, 0.25) is 0 Å². The van der Waals surface area contributed by atoms with E-state index in [0.29, 0.717) is 5.92 Å². The minimum Gasteiger partial charge on any atom is -0.327 e.